The molecule has 0 amide bonds. The van der Waals surface area contributed by atoms with Crippen molar-refractivity contribution in [3.63, 3.8) is 0 Å². The molecule has 0 bridgehead atoms. The second kappa shape index (κ2) is 5.85. The van der Waals surface area contributed by atoms with Crippen LogP contribution < -0.4 is 5.32 Å². The van der Waals surface area contributed by atoms with Crippen LogP contribution in [-0.2, 0) is 0 Å². The molecule has 0 aromatic carbocycles. The predicted octanol–water partition coefficient (Wildman–Crippen LogP) is 4.34. The molecule has 3 aliphatic rings. The molecule has 2 heteroatoms. The Kier molecular flexibility index (Phi) is 4.40. The SMILES string of the molecule is CC(C)(C)CCN1CC2(CCCCC2)NCC12CCCC2. The van der Waals surface area contributed by atoms with Gasteiger partial charge in [0.2, 0.25) is 0 Å². The highest BCUT2D eigenvalue weighted by atomic mass is 15.3. The van der Waals surface area contributed by atoms with Crippen LogP contribution in [0.25, 0.3) is 0 Å². The summed E-state index contributed by atoms with van der Waals surface area (Å²) in [7, 11) is 0. The molecule has 2 saturated carbocycles. The molecule has 2 spiro atoms. The van der Waals surface area contributed by atoms with E-state index >= 15 is 0 Å². The highest BCUT2D eigenvalue weighted by Gasteiger charge is 2.48. The van der Waals surface area contributed by atoms with Crippen LogP contribution >= 0.6 is 0 Å². The molecule has 0 unspecified atom stereocenters. The molecule has 3 fully saturated rings. The lowest BCUT2D eigenvalue weighted by atomic mass is 9.76. The van der Waals surface area contributed by atoms with Crippen molar-refractivity contribution in [2.45, 2.75) is 96.1 Å². The van der Waals surface area contributed by atoms with Crippen molar-refractivity contribution in [1.82, 2.24) is 10.2 Å². The molecule has 0 atom stereocenters. The summed E-state index contributed by atoms with van der Waals surface area (Å²) in [6.45, 7) is 11.1. The van der Waals surface area contributed by atoms with Gasteiger partial charge in [0.15, 0.2) is 0 Å². The fourth-order valence-corrected chi connectivity index (χ4v) is 4.93. The van der Waals surface area contributed by atoms with Gasteiger partial charge in [-0.3, -0.25) is 4.90 Å². The Morgan fingerprint density at radius 3 is 2.14 bits per heavy atom. The molecule has 21 heavy (non-hydrogen) atoms. The van der Waals surface area contributed by atoms with Gasteiger partial charge in [-0.05, 0) is 44.1 Å². The second-order valence-corrected chi connectivity index (χ2v) is 9.36. The van der Waals surface area contributed by atoms with Crippen molar-refractivity contribution in [2.24, 2.45) is 5.41 Å². The van der Waals surface area contributed by atoms with Gasteiger partial charge >= 0.3 is 0 Å². The van der Waals surface area contributed by atoms with E-state index in [1.54, 1.807) is 0 Å². The quantitative estimate of drug-likeness (QED) is 0.814. The Hall–Kier alpha value is -0.0800. The lowest BCUT2D eigenvalue weighted by Gasteiger charge is -2.55. The maximum Gasteiger partial charge on any atom is 0.0334 e. The molecular weight excluding hydrogens is 256 g/mol. The van der Waals surface area contributed by atoms with Crippen LogP contribution in [-0.4, -0.2) is 35.6 Å². The fraction of sp³-hybridized carbons (Fsp3) is 1.00. The van der Waals surface area contributed by atoms with Gasteiger partial charge in [0.05, 0.1) is 0 Å². The number of nitrogens with zero attached hydrogens (tertiary/aromatic N) is 1. The van der Waals surface area contributed by atoms with Crippen molar-refractivity contribution in [3.8, 4) is 0 Å². The molecule has 2 aliphatic carbocycles. The summed E-state index contributed by atoms with van der Waals surface area (Å²) >= 11 is 0. The van der Waals surface area contributed by atoms with Crippen LogP contribution in [0.15, 0.2) is 0 Å². The number of piperazine rings is 1. The molecule has 122 valence electrons. The molecule has 0 radical (unpaired) electrons. The first-order valence-corrected chi connectivity index (χ1v) is 9.43. The van der Waals surface area contributed by atoms with E-state index in [1.807, 2.05) is 0 Å². The predicted molar refractivity (Wildman–Crippen MR) is 90.7 cm³/mol. The Balaban J connectivity index is 1.72. The molecule has 0 aromatic rings. The van der Waals surface area contributed by atoms with Crippen molar-refractivity contribution in [1.29, 1.82) is 0 Å². The highest BCUT2D eigenvalue weighted by Crippen LogP contribution is 2.42. The minimum Gasteiger partial charge on any atom is -0.308 e. The van der Waals surface area contributed by atoms with Gasteiger partial charge in [0.1, 0.15) is 0 Å². The van der Waals surface area contributed by atoms with Gasteiger partial charge < -0.3 is 5.32 Å². The van der Waals surface area contributed by atoms with Crippen LogP contribution in [0.3, 0.4) is 0 Å². The van der Waals surface area contributed by atoms with Gasteiger partial charge in [-0.15, -0.1) is 0 Å². The largest absolute Gasteiger partial charge is 0.308 e. The zero-order chi connectivity index (χ0) is 15.0. The summed E-state index contributed by atoms with van der Waals surface area (Å²) in [5, 5.41) is 4.05. The molecule has 1 saturated heterocycles. The first-order chi connectivity index (χ1) is 9.93. The topological polar surface area (TPSA) is 15.3 Å². The average Bonchev–Trinajstić information content (AvgIpc) is 2.90. The normalized spacial score (nSPS) is 29.3. The Bertz CT molecular complexity index is 343. The minimum absolute atomic E-state index is 0.462. The third-order valence-corrected chi connectivity index (χ3v) is 6.43. The number of hydrogen-bond donors (Lipinski definition) is 1. The first kappa shape index (κ1) is 15.8. The van der Waals surface area contributed by atoms with Crippen molar-refractivity contribution in [3.05, 3.63) is 0 Å². The second-order valence-electron chi connectivity index (χ2n) is 9.36. The summed E-state index contributed by atoms with van der Waals surface area (Å²) in [6, 6.07) is 0. The van der Waals surface area contributed by atoms with Gasteiger partial charge in [-0.25, -0.2) is 0 Å². The van der Waals surface area contributed by atoms with Crippen LogP contribution in [0, 0.1) is 5.41 Å². The van der Waals surface area contributed by atoms with Crippen LogP contribution in [0.1, 0.15) is 85.0 Å². The zero-order valence-corrected chi connectivity index (χ0v) is 14.6. The average molecular weight is 293 g/mol. The van der Waals surface area contributed by atoms with E-state index in [2.05, 4.69) is 31.0 Å². The van der Waals surface area contributed by atoms with Crippen molar-refractivity contribution >= 4 is 0 Å². The Morgan fingerprint density at radius 2 is 1.52 bits per heavy atom. The molecule has 0 aromatic heterocycles. The van der Waals surface area contributed by atoms with Gasteiger partial charge in [0, 0.05) is 24.2 Å². The third kappa shape index (κ3) is 3.47. The van der Waals surface area contributed by atoms with Crippen molar-refractivity contribution < 1.29 is 0 Å². The maximum absolute atomic E-state index is 4.05. The fourth-order valence-electron chi connectivity index (χ4n) is 4.93. The molecule has 1 N–H and O–H groups in total. The number of nitrogens with one attached hydrogen (secondary N) is 1. The minimum atomic E-state index is 0.462. The molecule has 3 rings (SSSR count). The van der Waals surface area contributed by atoms with E-state index in [-0.39, 0.29) is 0 Å². The van der Waals surface area contributed by atoms with Gasteiger partial charge in [0.25, 0.3) is 0 Å². The van der Waals surface area contributed by atoms with E-state index in [4.69, 9.17) is 0 Å². The third-order valence-electron chi connectivity index (χ3n) is 6.43. The Labute approximate surface area is 132 Å². The molecule has 2 nitrogen and oxygen atoms in total. The lowest BCUT2D eigenvalue weighted by Crippen LogP contribution is -2.69. The standard InChI is InChI=1S/C19H36N2/c1-17(2,3)13-14-21-16-18(9-5-4-6-10-18)20-15-19(21)11-7-8-12-19/h20H,4-16H2,1-3H3. The van der Waals surface area contributed by atoms with Gasteiger partial charge in [-0.2, -0.15) is 0 Å². The lowest BCUT2D eigenvalue weighted by molar-refractivity contribution is -0.0115. The summed E-state index contributed by atoms with van der Waals surface area (Å²) in [4.78, 5) is 2.94. The summed E-state index contributed by atoms with van der Waals surface area (Å²) < 4.78 is 0. The molecule has 1 heterocycles. The zero-order valence-electron chi connectivity index (χ0n) is 14.6. The van der Waals surface area contributed by atoms with Crippen LogP contribution in [0.5, 0.6) is 0 Å². The van der Waals surface area contributed by atoms with E-state index in [0.717, 1.165) is 0 Å². The van der Waals surface area contributed by atoms with E-state index in [1.165, 1.54) is 83.8 Å². The monoisotopic (exact) mass is 292 g/mol. The molecule has 1 aliphatic heterocycles. The molecular formula is C19H36N2. The summed E-state index contributed by atoms with van der Waals surface area (Å²) in [5.74, 6) is 0. The van der Waals surface area contributed by atoms with Crippen molar-refractivity contribution in [2.75, 3.05) is 19.6 Å². The highest BCUT2D eigenvalue weighted by molar-refractivity contribution is 5.08. The smallest absolute Gasteiger partial charge is 0.0334 e. The Morgan fingerprint density at radius 1 is 0.905 bits per heavy atom. The van der Waals surface area contributed by atoms with E-state index < -0.39 is 0 Å². The van der Waals surface area contributed by atoms with E-state index in [9.17, 15) is 0 Å². The maximum atomic E-state index is 4.05. The van der Waals surface area contributed by atoms with E-state index in [0.29, 0.717) is 16.5 Å². The number of hydrogen-bond acceptors (Lipinski definition) is 2. The van der Waals surface area contributed by atoms with Crippen LogP contribution in [0.4, 0.5) is 0 Å². The van der Waals surface area contributed by atoms with Crippen LogP contribution in [0.2, 0.25) is 0 Å². The number of rotatable bonds is 2. The first-order valence-electron chi connectivity index (χ1n) is 9.43. The summed E-state index contributed by atoms with van der Waals surface area (Å²) in [5.41, 5.74) is 1.43. The summed E-state index contributed by atoms with van der Waals surface area (Å²) in [6.07, 6.45) is 14.2. The van der Waals surface area contributed by atoms with Gasteiger partial charge in [-0.1, -0.05) is 52.9 Å².